The molecule has 2 rings (SSSR count). The van der Waals surface area contributed by atoms with Gasteiger partial charge in [-0.3, -0.25) is 4.79 Å². The molecule has 0 aliphatic rings. The third-order valence-electron chi connectivity index (χ3n) is 2.05. The number of hydrogen-bond acceptors (Lipinski definition) is 3. The van der Waals surface area contributed by atoms with Gasteiger partial charge in [-0.05, 0) is 19.1 Å². The van der Waals surface area contributed by atoms with Crippen LogP contribution in [0.5, 0.6) is 0 Å². The van der Waals surface area contributed by atoms with Crippen LogP contribution in [0.15, 0.2) is 28.8 Å². The van der Waals surface area contributed by atoms with E-state index in [2.05, 4.69) is 10.5 Å². The van der Waals surface area contributed by atoms with Crippen molar-refractivity contribution in [3.63, 3.8) is 0 Å². The highest BCUT2D eigenvalue weighted by Crippen LogP contribution is 2.29. The molecule has 2 aromatic rings. The van der Waals surface area contributed by atoms with Crippen LogP contribution in [0.2, 0.25) is 10.0 Å². The van der Waals surface area contributed by atoms with E-state index in [4.69, 9.17) is 27.7 Å². The fraction of sp³-hybridized carbons (Fsp3) is 0.0909. The second-order valence-electron chi connectivity index (χ2n) is 3.39. The van der Waals surface area contributed by atoms with Gasteiger partial charge >= 0.3 is 0 Å². The molecule has 0 saturated carbocycles. The number of hydrogen-bond donors (Lipinski definition) is 1. The number of halogens is 2. The average molecular weight is 271 g/mol. The molecule has 4 nitrogen and oxygen atoms in total. The van der Waals surface area contributed by atoms with Gasteiger partial charge in [0.05, 0.1) is 21.4 Å². The van der Waals surface area contributed by atoms with Crippen molar-refractivity contribution in [3.05, 3.63) is 45.8 Å². The van der Waals surface area contributed by atoms with Crippen molar-refractivity contribution in [2.24, 2.45) is 0 Å². The zero-order valence-electron chi connectivity index (χ0n) is 8.83. The van der Waals surface area contributed by atoms with Crippen molar-refractivity contribution < 1.29 is 9.32 Å². The number of carbonyl (C=O) groups excluding carboxylic acids is 1. The summed E-state index contributed by atoms with van der Waals surface area (Å²) >= 11 is 11.8. The quantitative estimate of drug-likeness (QED) is 0.908. The molecule has 1 heterocycles. The highest BCUT2D eigenvalue weighted by molar-refractivity contribution is 6.44. The topological polar surface area (TPSA) is 55.1 Å². The Morgan fingerprint density at radius 3 is 2.82 bits per heavy atom. The van der Waals surface area contributed by atoms with Crippen molar-refractivity contribution in [2.45, 2.75) is 6.92 Å². The third kappa shape index (κ3) is 2.60. The summed E-state index contributed by atoms with van der Waals surface area (Å²) in [6.07, 6.45) is 0. The molecule has 88 valence electrons. The Labute approximate surface area is 108 Å². The van der Waals surface area contributed by atoms with Crippen LogP contribution in [0.1, 0.15) is 16.2 Å². The van der Waals surface area contributed by atoms with E-state index < -0.39 is 5.91 Å². The highest BCUT2D eigenvalue weighted by Gasteiger charge is 2.14. The summed E-state index contributed by atoms with van der Waals surface area (Å²) in [7, 11) is 0. The summed E-state index contributed by atoms with van der Waals surface area (Å²) in [5.74, 6) is -0.298. The van der Waals surface area contributed by atoms with Gasteiger partial charge in [0.1, 0.15) is 0 Å². The predicted octanol–water partition coefficient (Wildman–Crippen LogP) is 3.54. The van der Waals surface area contributed by atoms with E-state index in [9.17, 15) is 4.79 Å². The summed E-state index contributed by atoms with van der Waals surface area (Å²) in [5, 5.41) is 6.88. The lowest BCUT2D eigenvalue weighted by atomic mass is 10.3. The molecule has 0 saturated heterocycles. The van der Waals surface area contributed by atoms with Gasteiger partial charge in [-0.25, -0.2) is 0 Å². The zero-order chi connectivity index (χ0) is 12.4. The number of aryl methyl sites for hydroxylation is 1. The maximum Gasteiger partial charge on any atom is 0.294 e. The highest BCUT2D eigenvalue weighted by atomic mass is 35.5. The van der Waals surface area contributed by atoms with Crippen molar-refractivity contribution in [1.29, 1.82) is 0 Å². The average Bonchev–Trinajstić information content (AvgIpc) is 2.72. The second-order valence-corrected chi connectivity index (χ2v) is 4.17. The summed E-state index contributed by atoms with van der Waals surface area (Å²) < 4.78 is 4.83. The number of benzene rings is 1. The van der Waals surface area contributed by atoms with Crippen LogP contribution < -0.4 is 5.32 Å². The molecule has 17 heavy (non-hydrogen) atoms. The van der Waals surface area contributed by atoms with Crippen LogP contribution >= 0.6 is 23.2 Å². The van der Waals surface area contributed by atoms with E-state index in [1.54, 1.807) is 25.1 Å². The second kappa shape index (κ2) is 4.77. The molecular weight excluding hydrogens is 263 g/mol. The summed E-state index contributed by atoms with van der Waals surface area (Å²) in [6, 6.07) is 6.51. The molecule has 1 aromatic carbocycles. The Morgan fingerprint density at radius 1 is 1.41 bits per heavy atom. The van der Waals surface area contributed by atoms with Crippen molar-refractivity contribution in [1.82, 2.24) is 5.16 Å². The molecule has 0 aliphatic carbocycles. The lowest BCUT2D eigenvalue weighted by Crippen LogP contribution is -2.11. The molecular formula is C11H8Cl2N2O2. The van der Waals surface area contributed by atoms with Gasteiger partial charge in [-0.15, -0.1) is 0 Å². The van der Waals surface area contributed by atoms with Gasteiger partial charge in [-0.2, -0.15) is 0 Å². The fourth-order valence-corrected chi connectivity index (χ4v) is 1.60. The number of carbonyl (C=O) groups is 1. The Bertz CT molecular complexity index is 566. The molecule has 6 heteroatoms. The van der Waals surface area contributed by atoms with E-state index in [0.29, 0.717) is 21.4 Å². The Balaban J connectivity index is 2.21. The number of rotatable bonds is 2. The Kier molecular flexibility index (Phi) is 3.36. The molecule has 0 aliphatic heterocycles. The van der Waals surface area contributed by atoms with Crippen LogP contribution in [-0.2, 0) is 0 Å². The normalized spacial score (nSPS) is 10.3. The molecule has 0 bridgehead atoms. The number of anilines is 1. The smallest absolute Gasteiger partial charge is 0.294 e. The van der Waals surface area contributed by atoms with Gasteiger partial charge in [0.2, 0.25) is 5.76 Å². The summed E-state index contributed by atoms with van der Waals surface area (Å²) in [4.78, 5) is 11.7. The van der Waals surface area contributed by atoms with Crippen LogP contribution in [0.25, 0.3) is 0 Å². The van der Waals surface area contributed by atoms with Crippen LogP contribution in [0, 0.1) is 6.92 Å². The number of nitrogens with one attached hydrogen (secondary N) is 1. The SMILES string of the molecule is Cc1cc(C(=O)Nc2cccc(Cl)c2Cl)on1. The van der Waals surface area contributed by atoms with E-state index in [-0.39, 0.29) is 5.76 Å². The van der Waals surface area contributed by atoms with E-state index in [0.717, 1.165) is 0 Å². The first-order valence-electron chi connectivity index (χ1n) is 4.76. The van der Waals surface area contributed by atoms with E-state index >= 15 is 0 Å². The third-order valence-corrected chi connectivity index (χ3v) is 2.87. The van der Waals surface area contributed by atoms with Gasteiger partial charge in [0.15, 0.2) is 0 Å². The lowest BCUT2D eigenvalue weighted by Gasteiger charge is -2.05. The van der Waals surface area contributed by atoms with Gasteiger partial charge in [0, 0.05) is 6.07 Å². The summed E-state index contributed by atoms with van der Waals surface area (Å²) in [5.41, 5.74) is 1.06. The minimum Gasteiger partial charge on any atom is -0.351 e. The minimum atomic E-state index is -0.422. The van der Waals surface area contributed by atoms with Crippen LogP contribution in [-0.4, -0.2) is 11.1 Å². The zero-order valence-corrected chi connectivity index (χ0v) is 10.3. The molecule has 0 unspecified atom stereocenters. The van der Waals surface area contributed by atoms with Gasteiger partial charge < -0.3 is 9.84 Å². The van der Waals surface area contributed by atoms with Crippen molar-refractivity contribution >= 4 is 34.8 Å². The largest absolute Gasteiger partial charge is 0.351 e. The van der Waals surface area contributed by atoms with Crippen molar-refractivity contribution in [3.8, 4) is 0 Å². The van der Waals surface area contributed by atoms with E-state index in [1.807, 2.05) is 0 Å². The number of nitrogens with zero attached hydrogens (tertiary/aromatic N) is 1. The standard InChI is InChI=1S/C11H8Cl2N2O2/c1-6-5-9(17-15-6)11(16)14-8-4-2-3-7(12)10(8)13/h2-5H,1H3,(H,14,16). The first kappa shape index (κ1) is 12.0. The molecule has 0 radical (unpaired) electrons. The monoisotopic (exact) mass is 270 g/mol. The van der Waals surface area contributed by atoms with E-state index in [1.165, 1.54) is 6.07 Å². The van der Waals surface area contributed by atoms with Crippen LogP contribution in [0.3, 0.4) is 0 Å². The minimum absolute atomic E-state index is 0.124. The molecule has 0 atom stereocenters. The molecule has 0 fully saturated rings. The first-order chi connectivity index (χ1) is 8.08. The predicted molar refractivity (Wildman–Crippen MR) is 65.7 cm³/mol. The number of aromatic nitrogens is 1. The number of amides is 1. The molecule has 0 spiro atoms. The van der Waals surface area contributed by atoms with Gasteiger partial charge in [-0.1, -0.05) is 34.4 Å². The molecule has 1 N–H and O–H groups in total. The first-order valence-corrected chi connectivity index (χ1v) is 5.52. The lowest BCUT2D eigenvalue weighted by molar-refractivity contribution is 0.0988. The Hall–Kier alpha value is -1.52. The van der Waals surface area contributed by atoms with Gasteiger partial charge in [0.25, 0.3) is 5.91 Å². The van der Waals surface area contributed by atoms with Crippen molar-refractivity contribution in [2.75, 3.05) is 5.32 Å². The maximum atomic E-state index is 11.7. The maximum absolute atomic E-state index is 11.7. The van der Waals surface area contributed by atoms with Crippen LogP contribution in [0.4, 0.5) is 5.69 Å². The summed E-state index contributed by atoms with van der Waals surface area (Å²) in [6.45, 7) is 1.73. The molecule has 1 aromatic heterocycles. The molecule has 1 amide bonds. The Morgan fingerprint density at radius 2 is 2.18 bits per heavy atom. The fourth-order valence-electron chi connectivity index (χ4n) is 1.25.